The van der Waals surface area contributed by atoms with Crippen LogP contribution < -0.4 is 30.3 Å². The number of hydrogen-bond acceptors (Lipinski definition) is 7. The molecule has 0 spiro atoms. The average molecular weight is 583 g/mol. The fourth-order valence-electron chi connectivity index (χ4n) is 3.38. The van der Waals surface area contributed by atoms with E-state index in [1.807, 2.05) is 32.0 Å². The van der Waals surface area contributed by atoms with Crippen LogP contribution in [0.3, 0.4) is 0 Å². The van der Waals surface area contributed by atoms with E-state index in [0.29, 0.717) is 33.0 Å². The number of halogens is 1. The van der Waals surface area contributed by atoms with E-state index in [1.165, 1.54) is 20.4 Å². The van der Waals surface area contributed by atoms with Crippen molar-refractivity contribution in [1.82, 2.24) is 5.43 Å². The molecule has 198 valence electrons. The molecule has 0 aromatic heterocycles. The number of nitrogens with one attached hydrogen (secondary N) is 3. The monoisotopic (exact) mass is 582 g/mol. The van der Waals surface area contributed by atoms with E-state index in [0.717, 1.165) is 16.8 Å². The zero-order chi connectivity index (χ0) is 27.7. The zero-order valence-corrected chi connectivity index (χ0v) is 22.8. The standard InChI is InChI=1S/C27H27BrN4O6/c1-16-7-5-8-17(2)24(16)31-23(33)15-38-25-21(28)11-18(12-22(25)37-4)14-29-32-27(35)26(34)30-19-9-6-10-20(13-19)36-3/h5-14H,15H2,1-4H3,(H,30,34)(H,31,33)(H,32,35)/b29-14-. The summed E-state index contributed by atoms with van der Waals surface area (Å²) < 4.78 is 16.7. The van der Waals surface area contributed by atoms with E-state index in [1.54, 1.807) is 36.4 Å². The number of anilines is 2. The summed E-state index contributed by atoms with van der Waals surface area (Å²) in [7, 11) is 2.95. The van der Waals surface area contributed by atoms with Crippen LogP contribution in [0.1, 0.15) is 16.7 Å². The van der Waals surface area contributed by atoms with Crippen molar-refractivity contribution in [2.75, 3.05) is 31.5 Å². The molecule has 10 nitrogen and oxygen atoms in total. The Bertz CT molecular complexity index is 1360. The summed E-state index contributed by atoms with van der Waals surface area (Å²) in [6.07, 6.45) is 1.33. The predicted octanol–water partition coefficient (Wildman–Crippen LogP) is 4.19. The lowest BCUT2D eigenvalue weighted by atomic mass is 10.1. The number of rotatable bonds is 9. The van der Waals surface area contributed by atoms with Crippen molar-refractivity contribution in [3.63, 3.8) is 0 Å². The van der Waals surface area contributed by atoms with Crippen molar-refractivity contribution in [1.29, 1.82) is 0 Å². The molecule has 0 aliphatic heterocycles. The fourth-order valence-corrected chi connectivity index (χ4v) is 3.96. The topological polar surface area (TPSA) is 127 Å². The van der Waals surface area contributed by atoms with Crippen LogP contribution in [0.5, 0.6) is 17.2 Å². The molecule has 38 heavy (non-hydrogen) atoms. The first-order valence-corrected chi connectivity index (χ1v) is 12.2. The highest BCUT2D eigenvalue weighted by atomic mass is 79.9. The van der Waals surface area contributed by atoms with Crippen molar-refractivity contribution in [3.05, 3.63) is 75.8 Å². The Morgan fingerprint density at radius 2 is 1.63 bits per heavy atom. The number of methoxy groups -OCH3 is 2. The van der Waals surface area contributed by atoms with Gasteiger partial charge in [-0.1, -0.05) is 24.3 Å². The third-order valence-electron chi connectivity index (χ3n) is 5.26. The average Bonchev–Trinajstić information content (AvgIpc) is 2.89. The second-order valence-electron chi connectivity index (χ2n) is 8.02. The molecule has 3 N–H and O–H groups in total. The molecule has 0 bridgehead atoms. The van der Waals surface area contributed by atoms with Crippen molar-refractivity contribution in [2.45, 2.75) is 13.8 Å². The van der Waals surface area contributed by atoms with Gasteiger partial charge in [0.15, 0.2) is 18.1 Å². The minimum absolute atomic E-state index is 0.241. The Morgan fingerprint density at radius 1 is 0.921 bits per heavy atom. The normalized spacial score (nSPS) is 10.6. The molecule has 0 radical (unpaired) electrons. The summed E-state index contributed by atoms with van der Waals surface area (Å²) in [5.74, 6) is -0.972. The molecule has 0 aliphatic carbocycles. The Kier molecular flexibility index (Phi) is 9.83. The van der Waals surface area contributed by atoms with Gasteiger partial charge in [0.25, 0.3) is 5.91 Å². The highest BCUT2D eigenvalue weighted by Gasteiger charge is 2.16. The van der Waals surface area contributed by atoms with Crippen molar-refractivity contribution in [3.8, 4) is 17.2 Å². The number of carbonyl (C=O) groups excluding carboxylic acids is 3. The van der Waals surface area contributed by atoms with Gasteiger partial charge in [0, 0.05) is 17.4 Å². The van der Waals surface area contributed by atoms with Crippen LogP contribution in [0, 0.1) is 13.8 Å². The number of carbonyl (C=O) groups is 3. The second-order valence-corrected chi connectivity index (χ2v) is 8.88. The molecule has 0 aliphatic rings. The van der Waals surface area contributed by atoms with E-state index in [9.17, 15) is 14.4 Å². The predicted molar refractivity (Wildman–Crippen MR) is 148 cm³/mol. The van der Waals surface area contributed by atoms with E-state index >= 15 is 0 Å². The van der Waals surface area contributed by atoms with Crippen molar-refractivity contribution in [2.24, 2.45) is 5.10 Å². The molecule has 0 atom stereocenters. The zero-order valence-electron chi connectivity index (χ0n) is 21.3. The van der Waals surface area contributed by atoms with Crippen LogP contribution in [0.4, 0.5) is 11.4 Å². The molecule has 0 fully saturated rings. The van der Waals surface area contributed by atoms with Gasteiger partial charge in [-0.2, -0.15) is 5.10 Å². The SMILES string of the molecule is COc1cccc(NC(=O)C(=O)N/N=C\c2cc(Br)c(OCC(=O)Nc3c(C)cccc3C)c(OC)c2)c1. The van der Waals surface area contributed by atoms with E-state index < -0.39 is 11.8 Å². The molecule has 0 saturated heterocycles. The maximum Gasteiger partial charge on any atom is 0.329 e. The van der Waals surface area contributed by atoms with Gasteiger partial charge in [0.1, 0.15) is 5.75 Å². The van der Waals surface area contributed by atoms with Gasteiger partial charge >= 0.3 is 11.8 Å². The first kappa shape index (κ1) is 28.2. The second kappa shape index (κ2) is 13.2. The maximum absolute atomic E-state index is 12.5. The van der Waals surface area contributed by atoms with Crippen LogP contribution in [0.25, 0.3) is 0 Å². The van der Waals surface area contributed by atoms with Crippen LogP contribution in [0.15, 0.2) is 64.2 Å². The lowest BCUT2D eigenvalue weighted by Gasteiger charge is -2.15. The van der Waals surface area contributed by atoms with Crippen molar-refractivity contribution < 1.29 is 28.6 Å². The lowest BCUT2D eigenvalue weighted by Crippen LogP contribution is -2.32. The van der Waals surface area contributed by atoms with Gasteiger partial charge in [0.05, 0.1) is 24.9 Å². The molecule has 11 heteroatoms. The van der Waals surface area contributed by atoms with Gasteiger partial charge in [-0.3, -0.25) is 14.4 Å². The number of amides is 3. The Morgan fingerprint density at radius 3 is 2.32 bits per heavy atom. The van der Waals surface area contributed by atoms with E-state index in [-0.39, 0.29) is 12.5 Å². The molecule has 0 heterocycles. The fraction of sp³-hybridized carbons (Fsp3) is 0.185. The molecular formula is C27H27BrN4O6. The van der Waals surface area contributed by atoms with E-state index in [4.69, 9.17) is 14.2 Å². The molecule has 0 unspecified atom stereocenters. The minimum atomic E-state index is -0.954. The van der Waals surface area contributed by atoms with Gasteiger partial charge in [-0.15, -0.1) is 0 Å². The van der Waals surface area contributed by atoms with Crippen LogP contribution in [-0.4, -0.2) is 44.8 Å². The number of benzene rings is 3. The molecule has 3 amide bonds. The third kappa shape index (κ3) is 7.56. The largest absolute Gasteiger partial charge is 0.497 e. The van der Waals surface area contributed by atoms with Gasteiger partial charge in [0.2, 0.25) is 0 Å². The number of ether oxygens (including phenoxy) is 3. The summed E-state index contributed by atoms with van der Waals surface area (Å²) in [5.41, 5.74) is 5.76. The quantitative estimate of drug-likeness (QED) is 0.197. The summed E-state index contributed by atoms with van der Waals surface area (Å²) in [6, 6.07) is 15.6. The number of aryl methyl sites for hydroxylation is 2. The lowest BCUT2D eigenvalue weighted by molar-refractivity contribution is -0.136. The van der Waals surface area contributed by atoms with Crippen molar-refractivity contribution >= 4 is 51.2 Å². The summed E-state index contributed by atoms with van der Waals surface area (Å²) in [4.78, 5) is 36.7. The molecule has 3 aromatic rings. The minimum Gasteiger partial charge on any atom is -0.497 e. The Balaban J connectivity index is 1.59. The Labute approximate surface area is 228 Å². The number of hydrogen-bond donors (Lipinski definition) is 3. The molecule has 3 aromatic carbocycles. The van der Waals surface area contributed by atoms with Gasteiger partial charge < -0.3 is 24.8 Å². The first-order valence-electron chi connectivity index (χ1n) is 11.4. The third-order valence-corrected chi connectivity index (χ3v) is 5.85. The molecular weight excluding hydrogens is 556 g/mol. The van der Waals surface area contributed by atoms with Gasteiger partial charge in [-0.25, -0.2) is 5.43 Å². The summed E-state index contributed by atoms with van der Waals surface area (Å²) in [5, 5.41) is 9.16. The molecule has 0 saturated carbocycles. The highest BCUT2D eigenvalue weighted by molar-refractivity contribution is 9.10. The van der Waals surface area contributed by atoms with Crippen LogP contribution in [-0.2, 0) is 14.4 Å². The van der Waals surface area contributed by atoms with Crippen LogP contribution >= 0.6 is 15.9 Å². The van der Waals surface area contributed by atoms with Crippen LogP contribution in [0.2, 0.25) is 0 Å². The van der Waals surface area contributed by atoms with E-state index in [2.05, 4.69) is 37.1 Å². The highest BCUT2D eigenvalue weighted by Crippen LogP contribution is 2.36. The number of nitrogens with zero attached hydrogens (tertiary/aromatic N) is 1. The number of hydrazone groups is 1. The Hall–Kier alpha value is -4.38. The number of para-hydroxylation sites is 1. The first-order chi connectivity index (χ1) is 18.2. The van der Waals surface area contributed by atoms with Gasteiger partial charge in [-0.05, 0) is 70.7 Å². The maximum atomic E-state index is 12.5. The summed E-state index contributed by atoms with van der Waals surface area (Å²) in [6.45, 7) is 3.59. The summed E-state index contributed by atoms with van der Waals surface area (Å²) >= 11 is 3.41. The smallest absolute Gasteiger partial charge is 0.329 e. The molecule has 3 rings (SSSR count).